The number of thiazole rings is 1. The summed E-state index contributed by atoms with van der Waals surface area (Å²) in [6.45, 7) is 17.7. The molecular formula is C35H52N4O5S. The van der Waals surface area contributed by atoms with Gasteiger partial charge in [0.1, 0.15) is 23.4 Å². The van der Waals surface area contributed by atoms with Gasteiger partial charge in [0.05, 0.1) is 18.6 Å². The number of nitrogens with one attached hydrogen (secondary N) is 1. The Kier molecular flexibility index (Phi) is 16.2. The number of benzene rings is 1. The van der Waals surface area contributed by atoms with E-state index in [1.807, 2.05) is 44.2 Å². The molecule has 0 saturated heterocycles. The Morgan fingerprint density at radius 3 is 2.33 bits per heavy atom. The molecule has 10 heteroatoms. The van der Waals surface area contributed by atoms with Gasteiger partial charge in [0.15, 0.2) is 0 Å². The summed E-state index contributed by atoms with van der Waals surface area (Å²) in [5, 5.41) is 5.45. The second kappa shape index (κ2) is 19.2. The number of hydrogen-bond acceptors (Lipinski definition) is 8. The predicted octanol–water partition coefficient (Wildman–Crippen LogP) is 5.73. The smallest absolute Gasteiger partial charge is 0.309 e. The van der Waals surface area contributed by atoms with Gasteiger partial charge in [0.2, 0.25) is 5.91 Å². The number of nitrogens with two attached hydrogens (primary N) is 1. The van der Waals surface area contributed by atoms with Gasteiger partial charge in [-0.15, -0.1) is 17.9 Å². The van der Waals surface area contributed by atoms with E-state index in [4.69, 9.17) is 15.2 Å². The summed E-state index contributed by atoms with van der Waals surface area (Å²) in [4.78, 5) is 45.7. The largest absolute Gasteiger partial charge is 0.461 e. The van der Waals surface area contributed by atoms with Crippen molar-refractivity contribution in [1.29, 1.82) is 0 Å². The molecule has 0 bridgehead atoms. The quantitative estimate of drug-likeness (QED) is 0.140. The molecule has 2 amide bonds. The van der Waals surface area contributed by atoms with Crippen LogP contribution >= 0.6 is 11.3 Å². The van der Waals surface area contributed by atoms with Crippen molar-refractivity contribution in [2.45, 2.75) is 84.5 Å². The first-order valence-electron chi connectivity index (χ1n) is 15.8. The molecule has 9 nitrogen and oxygen atoms in total. The fraction of sp³-hybridized carbons (Fsp3) is 0.543. The van der Waals surface area contributed by atoms with E-state index in [2.05, 4.69) is 37.3 Å². The first-order valence-corrected chi connectivity index (χ1v) is 16.6. The number of rotatable bonds is 20. The number of likely N-dealkylation sites (N-methyl/N-ethyl adjacent to an activating group) is 1. The van der Waals surface area contributed by atoms with Crippen LogP contribution in [0.15, 0.2) is 61.0 Å². The molecule has 2 rings (SSSR count). The topological polar surface area (TPSA) is 124 Å². The zero-order valence-electron chi connectivity index (χ0n) is 27.7. The number of carbonyl (C=O) groups is 3. The van der Waals surface area contributed by atoms with E-state index < -0.39 is 18.1 Å². The monoisotopic (exact) mass is 640 g/mol. The highest BCUT2D eigenvalue weighted by Gasteiger charge is 2.33. The highest BCUT2D eigenvalue weighted by Crippen LogP contribution is 2.31. The molecule has 1 aromatic carbocycles. The van der Waals surface area contributed by atoms with Gasteiger partial charge < -0.3 is 25.4 Å². The molecule has 0 unspecified atom stereocenters. The number of esters is 1. The number of carbonyl (C=O) groups excluding carboxylic acids is 3. The van der Waals surface area contributed by atoms with Crippen LogP contribution in [0.3, 0.4) is 0 Å². The number of aromatic nitrogens is 1. The maximum Gasteiger partial charge on any atom is 0.309 e. The molecule has 1 aromatic heterocycles. The highest BCUT2D eigenvalue weighted by atomic mass is 32.1. The predicted molar refractivity (Wildman–Crippen MR) is 181 cm³/mol. The van der Waals surface area contributed by atoms with Gasteiger partial charge in [0, 0.05) is 30.9 Å². The lowest BCUT2D eigenvalue weighted by atomic mass is 9.93. The second-order valence-electron chi connectivity index (χ2n) is 12.0. The van der Waals surface area contributed by atoms with Crippen molar-refractivity contribution in [3.63, 3.8) is 0 Å². The summed E-state index contributed by atoms with van der Waals surface area (Å²) in [7, 11) is 1.79. The molecule has 0 radical (unpaired) electrons. The van der Waals surface area contributed by atoms with Crippen molar-refractivity contribution in [3.8, 4) is 0 Å². The van der Waals surface area contributed by atoms with Crippen LogP contribution < -0.4 is 11.1 Å². The van der Waals surface area contributed by atoms with E-state index in [0.717, 1.165) is 12.0 Å². The van der Waals surface area contributed by atoms with E-state index in [-0.39, 0.29) is 54.0 Å². The van der Waals surface area contributed by atoms with E-state index in [0.29, 0.717) is 30.9 Å². The SMILES string of the molecule is C=CCOC(=O)[C@@H](C)C[C@H](Cc1ccccc1)NC(=O)c1csc([C@@H](C[C@H](C(C)C)N(C)C(=O)[C@@H](N)[C@@H](C)CC)OCC=C)n1. The number of hydrogen-bond donors (Lipinski definition) is 2. The van der Waals surface area contributed by atoms with Gasteiger partial charge in [-0.2, -0.15) is 0 Å². The maximum absolute atomic E-state index is 13.5. The van der Waals surface area contributed by atoms with Gasteiger partial charge >= 0.3 is 5.97 Å². The molecule has 0 spiro atoms. The minimum atomic E-state index is -0.584. The third-order valence-electron chi connectivity index (χ3n) is 8.10. The Hall–Kier alpha value is -3.34. The van der Waals surface area contributed by atoms with Gasteiger partial charge in [-0.05, 0) is 30.2 Å². The highest BCUT2D eigenvalue weighted by molar-refractivity contribution is 7.09. The summed E-state index contributed by atoms with van der Waals surface area (Å²) in [5.74, 6) is -1.01. The lowest BCUT2D eigenvalue weighted by Gasteiger charge is -2.36. The first kappa shape index (κ1) is 37.8. The molecule has 0 aliphatic heterocycles. The van der Waals surface area contributed by atoms with Crippen LogP contribution in [-0.2, 0) is 25.5 Å². The summed E-state index contributed by atoms with van der Waals surface area (Å²) in [6.07, 6.45) is 4.97. The minimum Gasteiger partial charge on any atom is -0.461 e. The van der Waals surface area contributed by atoms with Crippen LogP contribution in [0.5, 0.6) is 0 Å². The molecular weight excluding hydrogens is 588 g/mol. The van der Waals surface area contributed by atoms with Crippen molar-refractivity contribution < 1.29 is 23.9 Å². The van der Waals surface area contributed by atoms with Gasteiger partial charge in [-0.3, -0.25) is 14.4 Å². The van der Waals surface area contributed by atoms with Crippen LogP contribution in [0.4, 0.5) is 0 Å². The van der Waals surface area contributed by atoms with Crippen molar-refractivity contribution in [3.05, 3.63) is 77.3 Å². The number of nitrogens with zero attached hydrogens (tertiary/aromatic N) is 2. The van der Waals surface area contributed by atoms with E-state index in [1.54, 1.807) is 30.3 Å². The molecule has 0 saturated carbocycles. The lowest BCUT2D eigenvalue weighted by molar-refractivity contribution is -0.147. The summed E-state index contributed by atoms with van der Waals surface area (Å²) in [5.41, 5.74) is 7.61. The van der Waals surface area contributed by atoms with E-state index in [9.17, 15) is 14.4 Å². The van der Waals surface area contributed by atoms with Crippen molar-refractivity contribution in [1.82, 2.24) is 15.2 Å². The third kappa shape index (κ3) is 11.8. The molecule has 248 valence electrons. The second-order valence-corrected chi connectivity index (χ2v) is 12.9. The molecule has 6 atom stereocenters. The van der Waals surface area contributed by atoms with Crippen molar-refractivity contribution in [2.75, 3.05) is 20.3 Å². The van der Waals surface area contributed by atoms with Crippen LogP contribution in [0.2, 0.25) is 0 Å². The molecule has 0 aliphatic carbocycles. The van der Waals surface area contributed by atoms with E-state index in [1.165, 1.54) is 17.4 Å². The zero-order valence-corrected chi connectivity index (χ0v) is 28.6. The number of ether oxygens (including phenoxy) is 2. The fourth-order valence-corrected chi connectivity index (χ4v) is 5.97. The van der Waals surface area contributed by atoms with Crippen LogP contribution in [0.1, 0.15) is 81.0 Å². The standard InChI is InChI=1S/C35H52N4O5S/c1-9-17-43-30(21-29(23(4)5)39(8)34(41)31(36)24(6)11-3)33-38-28(22-45-33)32(40)37-27(20-26-15-13-12-14-16-26)19-25(7)35(42)44-18-10-2/h9-10,12-16,22-25,27,29-31H,1-2,11,17-21,36H2,3-8H3,(H,37,40)/t24-,25-,27+,29+,30+,31-/m0/s1. The fourth-order valence-electron chi connectivity index (χ4n) is 5.11. The normalized spacial score (nSPS) is 15.3. The van der Waals surface area contributed by atoms with Crippen molar-refractivity contribution in [2.24, 2.45) is 23.5 Å². The Morgan fingerprint density at radius 1 is 1.07 bits per heavy atom. The lowest BCUT2D eigenvalue weighted by Crippen LogP contribution is -2.51. The molecule has 2 aromatic rings. The Balaban J connectivity index is 2.26. The Morgan fingerprint density at radius 2 is 1.73 bits per heavy atom. The summed E-state index contributed by atoms with van der Waals surface area (Å²) >= 11 is 1.34. The zero-order chi connectivity index (χ0) is 33.5. The van der Waals surface area contributed by atoms with Crippen LogP contribution in [-0.4, -0.2) is 66.1 Å². The van der Waals surface area contributed by atoms with E-state index >= 15 is 0 Å². The summed E-state index contributed by atoms with van der Waals surface area (Å²) in [6, 6.07) is 8.73. The Labute approximate surface area is 273 Å². The average Bonchev–Trinajstić information content (AvgIpc) is 3.53. The molecule has 1 heterocycles. The number of amides is 2. The minimum absolute atomic E-state index is 0.0621. The molecule has 0 aliphatic rings. The maximum atomic E-state index is 13.5. The van der Waals surface area contributed by atoms with Crippen LogP contribution in [0.25, 0.3) is 0 Å². The molecule has 45 heavy (non-hydrogen) atoms. The van der Waals surface area contributed by atoms with Gasteiger partial charge in [-0.25, -0.2) is 4.98 Å². The molecule has 3 N–H and O–H groups in total. The third-order valence-corrected chi connectivity index (χ3v) is 9.04. The molecule has 0 fully saturated rings. The average molecular weight is 641 g/mol. The van der Waals surface area contributed by atoms with Gasteiger partial charge in [-0.1, -0.05) is 90.1 Å². The Bertz CT molecular complexity index is 1230. The van der Waals surface area contributed by atoms with Crippen LogP contribution in [0, 0.1) is 17.8 Å². The van der Waals surface area contributed by atoms with Crippen molar-refractivity contribution >= 4 is 29.1 Å². The summed E-state index contributed by atoms with van der Waals surface area (Å²) < 4.78 is 11.4. The van der Waals surface area contributed by atoms with Gasteiger partial charge in [0.25, 0.3) is 5.91 Å². The first-order chi connectivity index (χ1) is 21.4.